The molecular weight excluding hydrogens is 323 g/mol. The van der Waals surface area contributed by atoms with Crippen molar-refractivity contribution in [1.29, 1.82) is 0 Å². The van der Waals surface area contributed by atoms with E-state index >= 15 is 0 Å². The molecule has 0 aliphatic heterocycles. The number of hydrogen-bond donors (Lipinski definition) is 2. The fourth-order valence-corrected chi connectivity index (χ4v) is 2.57. The summed E-state index contributed by atoms with van der Waals surface area (Å²) in [5.74, 6) is -0.653. The van der Waals surface area contributed by atoms with Crippen molar-refractivity contribution in [3.05, 3.63) is 53.7 Å². The number of methoxy groups -OCH3 is 1. The average Bonchev–Trinajstić information content (AvgIpc) is 2.91. The normalized spacial score (nSPS) is 11.7. The van der Waals surface area contributed by atoms with Crippen LogP contribution in [0.4, 0.5) is 13.2 Å². The van der Waals surface area contributed by atoms with Crippen LogP contribution in [0, 0.1) is 0 Å². The maximum atomic E-state index is 12.7. The molecule has 7 heteroatoms. The van der Waals surface area contributed by atoms with Gasteiger partial charge < -0.3 is 14.8 Å². The van der Waals surface area contributed by atoms with Crippen molar-refractivity contribution in [1.82, 2.24) is 4.98 Å². The van der Waals surface area contributed by atoms with E-state index in [9.17, 15) is 23.1 Å². The van der Waals surface area contributed by atoms with Gasteiger partial charge in [0.15, 0.2) is 0 Å². The Morgan fingerprint density at radius 1 is 1.12 bits per heavy atom. The van der Waals surface area contributed by atoms with Gasteiger partial charge in [0.2, 0.25) is 0 Å². The second kappa shape index (κ2) is 5.59. The molecule has 0 aliphatic rings. The lowest BCUT2D eigenvalue weighted by Crippen LogP contribution is -2.05. The first-order valence-electron chi connectivity index (χ1n) is 6.92. The maximum Gasteiger partial charge on any atom is 0.416 e. The van der Waals surface area contributed by atoms with Crippen LogP contribution in [0.5, 0.6) is 5.75 Å². The number of aromatic amines is 1. The van der Waals surface area contributed by atoms with Gasteiger partial charge in [-0.05, 0) is 29.8 Å². The predicted octanol–water partition coefficient (Wildman–Crippen LogP) is 4.35. The molecule has 0 amide bonds. The zero-order valence-electron chi connectivity index (χ0n) is 12.4. The van der Waals surface area contributed by atoms with E-state index < -0.39 is 17.7 Å². The molecule has 0 spiro atoms. The largest absolute Gasteiger partial charge is 0.508 e. The van der Waals surface area contributed by atoms with Crippen LogP contribution in [0.2, 0.25) is 0 Å². The van der Waals surface area contributed by atoms with Gasteiger partial charge in [-0.1, -0.05) is 12.1 Å². The van der Waals surface area contributed by atoms with Gasteiger partial charge >= 0.3 is 12.1 Å². The maximum absolute atomic E-state index is 12.7. The first-order chi connectivity index (χ1) is 11.3. The van der Waals surface area contributed by atoms with Gasteiger partial charge in [0.05, 0.1) is 18.2 Å². The minimum Gasteiger partial charge on any atom is -0.508 e. The number of carbonyl (C=O) groups excluding carboxylic acids is 1. The zero-order chi connectivity index (χ0) is 17.5. The van der Waals surface area contributed by atoms with Crippen LogP contribution in [-0.4, -0.2) is 23.2 Å². The summed E-state index contributed by atoms with van der Waals surface area (Å²) >= 11 is 0. The number of hydrogen-bond acceptors (Lipinski definition) is 3. The van der Waals surface area contributed by atoms with Crippen molar-refractivity contribution >= 4 is 16.9 Å². The quantitative estimate of drug-likeness (QED) is 0.685. The average molecular weight is 335 g/mol. The molecular formula is C17H12F3NO3. The van der Waals surface area contributed by atoms with Gasteiger partial charge in [-0.25, -0.2) is 4.79 Å². The van der Waals surface area contributed by atoms with E-state index in [0.29, 0.717) is 22.0 Å². The number of alkyl halides is 3. The second-order valence-electron chi connectivity index (χ2n) is 5.17. The van der Waals surface area contributed by atoms with E-state index in [4.69, 9.17) is 4.74 Å². The Labute approximate surface area is 134 Å². The highest BCUT2D eigenvalue weighted by atomic mass is 19.4. The number of fused-ring (bicyclic) bond motifs is 1. The first-order valence-corrected chi connectivity index (χ1v) is 6.92. The molecule has 3 rings (SSSR count). The van der Waals surface area contributed by atoms with Crippen LogP contribution in [0.15, 0.2) is 42.5 Å². The number of esters is 1. The summed E-state index contributed by atoms with van der Waals surface area (Å²) < 4.78 is 42.9. The van der Waals surface area contributed by atoms with Gasteiger partial charge in [-0.3, -0.25) is 0 Å². The fourth-order valence-electron chi connectivity index (χ4n) is 2.57. The first kappa shape index (κ1) is 15.9. The smallest absolute Gasteiger partial charge is 0.416 e. The fraction of sp³-hybridized carbons (Fsp3) is 0.118. The molecule has 1 aromatic heterocycles. The van der Waals surface area contributed by atoms with Crippen LogP contribution in [0.1, 0.15) is 16.1 Å². The molecule has 0 fully saturated rings. The van der Waals surface area contributed by atoms with E-state index in [1.807, 2.05) is 0 Å². The third-order valence-electron chi connectivity index (χ3n) is 3.67. The molecule has 124 valence electrons. The number of aromatic nitrogens is 1. The van der Waals surface area contributed by atoms with Gasteiger partial charge in [-0.2, -0.15) is 13.2 Å². The highest BCUT2D eigenvalue weighted by molar-refractivity contribution is 6.08. The summed E-state index contributed by atoms with van der Waals surface area (Å²) in [6.07, 6.45) is -4.43. The predicted molar refractivity (Wildman–Crippen MR) is 81.7 cm³/mol. The highest BCUT2D eigenvalue weighted by Crippen LogP contribution is 2.36. The number of nitrogens with one attached hydrogen (secondary N) is 1. The topological polar surface area (TPSA) is 62.3 Å². The molecule has 24 heavy (non-hydrogen) atoms. The number of phenolic OH excluding ortho intramolecular Hbond substituents is 1. The molecule has 0 saturated heterocycles. The Hall–Kier alpha value is -2.96. The molecule has 0 aliphatic carbocycles. The number of halogens is 3. The highest BCUT2D eigenvalue weighted by Gasteiger charge is 2.30. The van der Waals surface area contributed by atoms with Crippen LogP contribution in [-0.2, 0) is 10.9 Å². The number of H-pyrrole nitrogens is 1. The van der Waals surface area contributed by atoms with E-state index in [2.05, 4.69) is 4.98 Å². The monoisotopic (exact) mass is 335 g/mol. The van der Waals surface area contributed by atoms with E-state index in [1.54, 1.807) is 6.07 Å². The van der Waals surface area contributed by atoms with Crippen molar-refractivity contribution in [2.24, 2.45) is 0 Å². The van der Waals surface area contributed by atoms with Gasteiger partial charge in [0.1, 0.15) is 11.4 Å². The number of carbonyl (C=O) groups is 1. The Kier molecular flexibility index (Phi) is 3.71. The molecule has 4 nitrogen and oxygen atoms in total. The van der Waals surface area contributed by atoms with Gasteiger partial charge in [-0.15, -0.1) is 0 Å². The minimum absolute atomic E-state index is 0.000801. The van der Waals surface area contributed by atoms with Crippen molar-refractivity contribution in [2.45, 2.75) is 6.18 Å². The number of rotatable bonds is 2. The van der Waals surface area contributed by atoms with Crippen molar-refractivity contribution < 1.29 is 27.8 Å². The van der Waals surface area contributed by atoms with Gasteiger partial charge in [0, 0.05) is 17.0 Å². The number of phenols is 1. The summed E-state index contributed by atoms with van der Waals surface area (Å²) in [5, 5.41) is 10.2. The number of benzene rings is 2. The van der Waals surface area contributed by atoms with E-state index in [-0.39, 0.29) is 11.4 Å². The summed E-state index contributed by atoms with van der Waals surface area (Å²) in [5.41, 5.74) is 0.664. The van der Waals surface area contributed by atoms with Crippen molar-refractivity contribution in [3.63, 3.8) is 0 Å². The second-order valence-corrected chi connectivity index (χ2v) is 5.17. The Morgan fingerprint density at radius 2 is 1.79 bits per heavy atom. The summed E-state index contributed by atoms with van der Waals surface area (Å²) in [4.78, 5) is 14.8. The molecule has 0 radical (unpaired) electrons. The molecule has 0 unspecified atom stereocenters. The van der Waals surface area contributed by atoms with Gasteiger partial charge in [0.25, 0.3) is 0 Å². The Morgan fingerprint density at radius 3 is 2.38 bits per heavy atom. The Bertz CT molecular complexity index is 911. The van der Waals surface area contributed by atoms with E-state index in [1.165, 1.54) is 31.4 Å². The molecule has 0 bridgehead atoms. The molecule has 0 saturated carbocycles. The van der Waals surface area contributed by atoms with E-state index in [0.717, 1.165) is 12.1 Å². The molecule has 1 heterocycles. The minimum atomic E-state index is -4.43. The van der Waals surface area contributed by atoms with Crippen LogP contribution in [0.25, 0.3) is 22.0 Å². The summed E-state index contributed by atoms with van der Waals surface area (Å²) in [7, 11) is 1.21. The Balaban J connectivity index is 2.22. The third-order valence-corrected chi connectivity index (χ3v) is 3.67. The number of ether oxygens (including phenoxy) is 1. The van der Waals surface area contributed by atoms with Crippen molar-refractivity contribution in [2.75, 3.05) is 7.11 Å². The lowest BCUT2D eigenvalue weighted by atomic mass is 10.00. The number of aromatic hydroxyl groups is 1. The molecule has 2 aromatic carbocycles. The molecule has 3 aromatic rings. The van der Waals surface area contributed by atoms with Crippen LogP contribution < -0.4 is 0 Å². The zero-order valence-corrected chi connectivity index (χ0v) is 12.4. The summed E-state index contributed by atoms with van der Waals surface area (Å²) in [6.45, 7) is 0. The summed E-state index contributed by atoms with van der Waals surface area (Å²) in [6, 6.07) is 8.95. The lowest BCUT2D eigenvalue weighted by molar-refractivity contribution is -0.137. The molecule has 0 atom stereocenters. The SMILES string of the molecule is COC(=O)c1[nH]c2cc(O)ccc2c1-c1ccc(C(F)(F)F)cc1. The third kappa shape index (κ3) is 2.68. The standard InChI is InChI=1S/C17H12F3NO3/c1-24-16(23)15-14(12-7-6-11(22)8-13(12)21-15)9-2-4-10(5-3-9)17(18,19)20/h2-8,21-22H,1H3. The van der Waals surface area contributed by atoms with Crippen LogP contribution in [0.3, 0.4) is 0 Å². The molecule has 2 N–H and O–H groups in total. The van der Waals surface area contributed by atoms with Crippen LogP contribution >= 0.6 is 0 Å². The lowest BCUT2D eigenvalue weighted by Gasteiger charge is -2.08. The van der Waals surface area contributed by atoms with Crippen molar-refractivity contribution in [3.8, 4) is 16.9 Å².